The SMILES string of the molecule is O=C(NC[C@@H](O)COc1cccc(Cl)c1Cl)[C@H]1CC=CCC1. The van der Waals surface area contributed by atoms with Crippen molar-refractivity contribution >= 4 is 29.1 Å². The Labute approximate surface area is 140 Å². The molecule has 0 bridgehead atoms. The van der Waals surface area contributed by atoms with E-state index < -0.39 is 6.10 Å². The highest BCUT2D eigenvalue weighted by molar-refractivity contribution is 6.42. The van der Waals surface area contributed by atoms with Crippen molar-refractivity contribution in [3.8, 4) is 5.75 Å². The van der Waals surface area contributed by atoms with Gasteiger partial charge in [0.1, 0.15) is 23.5 Å². The molecule has 4 nitrogen and oxygen atoms in total. The van der Waals surface area contributed by atoms with Crippen LogP contribution in [-0.4, -0.2) is 30.3 Å². The van der Waals surface area contributed by atoms with Crippen LogP contribution in [0, 0.1) is 5.92 Å². The number of aliphatic hydroxyl groups excluding tert-OH is 1. The highest BCUT2D eigenvalue weighted by atomic mass is 35.5. The maximum absolute atomic E-state index is 11.9. The first-order valence-electron chi connectivity index (χ1n) is 7.25. The van der Waals surface area contributed by atoms with Crippen molar-refractivity contribution in [1.29, 1.82) is 0 Å². The normalized spacial score (nSPS) is 18.8. The minimum atomic E-state index is -0.807. The van der Waals surface area contributed by atoms with Gasteiger partial charge in [0.25, 0.3) is 0 Å². The number of rotatable bonds is 6. The number of carbonyl (C=O) groups is 1. The van der Waals surface area contributed by atoms with E-state index >= 15 is 0 Å². The van der Waals surface area contributed by atoms with E-state index in [4.69, 9.17) is 27.9 Å². The minimum absolute atomic E-state index is 0.000456. The van der Waals surface area contributed by atoms with Crippen molar-refractivity contribution in [3.05, 3.63) is 40.4 Å². The van der Waals surface area contributed by atoms with Crippen molar-refractivity contribution in [1.82, 2.24) is 5.32 Å². The monoisotopic (exact) mass is 343 g/mol. The second-order valence-electron chi connectivity index (χ2n) is 5.24. The van der Waals surface area contributed by atoms with Crippen LogP contribution in [0.2, 0.25) is 10.0 Å². The smallest absolute Gasteiger partial charge is 0.223 e. The molecule has 1 aliphatic carbocycles. The number of nitrogens with one attached hydrogen (secondary N) is 1. The number of hydrogen-bond donors (Lipinski definition) is 2. The second-order valence-corrected chi connectivity index (χ2v) is 6.03. The Kier molecular flexibility index (Phi) is 6.55. The molecule has 1 aromatic rings. The largest absolute Gasteiger partial charge is 0.489 e. The first-order valence-corrected chi connectivity index (χ1v) is 8.01. The van der Waals surface area contributed by atoms with Crippen LogP contribution in [0.3, 0.4) is 0 Å². The average molecular weight is 344 g/mol. The van der Waals surface area contributed by atoms with Crippen LogP contribution in [0.5, 0.6) is 5.75 Å². The molecule has 1 aliphatic rings. The molecule has 1 aromatic carbocycles. The molecule has 0 heterocycles. The fourth-order valence-corrected chi connectivity index (χ4v) is 2.58. The van der Waals surface area contributed by atoms with Crippen molar-refractivity contribution in [3.63, 3.8) is 0 Å². The second kappa shape index (κ2) is 8.42. The number of halogens is 2. The third-order valence-electron chi connectivity index (χ3n) is 3.50. The number of amides is 1. The first-order chi connectivity index (χ1) is 10.6. The van der Waals surface area contributed by atoms with Crippen molar-refractivity contribution < 1.29 is 14.6 Å². The van der Waals surface area contributed by atoms with E-state index in [9.17, 15) is 9.90 Å². The molecule has 0 unspecified atom stereocenters. The third-order valence-corrected chi connectivity index (χ3v) is 4.30. The predicted molar refractivity (Wildman–Crippen MR) is 87.5 cm³/mol. The standard InChI is InChI=1S/C16H19Cl2NO3/c17-13-7-4-8-14(15(13)18)22-10-12(20)9-19-16(21)11-5-2-1-3-6-11/h1-2,4,7-8,11-12,20H,3,5-6,9-10H2,(H,19,21)/t11-,12+/m0/s1. The van der Waals surface area contributed by atoms with E-state index in [0.717, 1.165) is 19.3 Å². The van der Waals surface area contributed by atoms with Gasteiger partial charge in [-0.15, -0.1) is 0 Å². The van der Waals surface area contributed by atoms with Gasteiger partial charge in [0, 0.05) is 12.5 Å². The van der Waals surface area contributed by atoms with Crippen LogP contribution in [0.15, 0.2) is 30.4 Å². The topological polar surface area (TPSA) is 58.6 Å². The van der Waals surface area contributed by atoms with Crippen molar-refractivity contribution in [2.75, 3.05) is 13.2 Å². The molecule has 2 atom stereocenters. The van der Waals surface area contributed by atoms with Gasteiger partial charge < -0.3 is 15.2 Å². The van der Waals surface area contributed by atoms with Crippen LogP contribution < -0.4 is 10.1 Å². The summed E-state index contributed by atoms with van der Waals surface area (Å²) >= 11 is 11.9. The van der Waals surface area contributed by atoms with Gasteiger partial charge in [-0.05, 0) is 31.4 Å². The summed E-state index contributed by atoms with van der Waals surface area (Å²) in [5, 5.41) is 13.4. The van der Waals surface area contributed by atoms with Crippen LogP contribution in [0.1, 0.15) is 19.3 Å². The lowest BCUT2D eigenvalue weighted by Crippen LogP contribution is -2.38. The number of ether oxygens (including phenoxy) is 1. The number of allylic oxidation sites excluding steroid dienone is 2. The summed E-state index contributed by atoms with van der Waals surface area (Å²) in [5.41, 5.74) is 0. The number of benzene rings is 1. The molecule has 0 spiro atoms. The lowest BCUT2D eigenvalue weighted by Gasteiger charge is -2.19. The van der Waals surface area contributed by atoms with Crippen molar-refractivity contribution in [2.24, 2.45) is 5.92 Å². The van der Waals surface area contributed by atoms with E-state index in [0.29, 0.717) is 15.8 Å². The van der Waals surface area contributed by atoms with Gasteiger partial charge in [-0.25, -0.2) is 0 Å². The van der Waals surface area contributed by atoms with Crippen LogP contribution in [-0.2, 0) is 4.79 Å². The van der Waals surface area contributed by atoms with E-state index in [-0.39, 0.29) is 25.0 Å². The molecule has 0 fully saturated rings. The molecule has 0 saturated carbocycles. The van der Waals surface area contributed by atoms with Crippen LogP contribution in [0.4, 0.5) is 0 Å². The summed E-state index contributed by atoms with van der Waals surface area (Å²) in [6.07, 6.45) is 5.84. The molecule has 0 aromatic heterocycles. The van der Waals surface area contributed by atoms with Gasteiger partial charge in [-0.2, -0.15) is 0 Å². The Morgan fingerprint density at radius 2 is 2.23 bits per heavy atom. The summed E-state index contributed by atoms with van der Waals surface area (Å²) in [6, 6.07) is 5.05. The summed E-state index contributed by atoms with van der Waals surface area (Å²) in [6.45, 7) is 0.183. The van der Waals surface area contributed by atoms with Gasteiger partial charge in [0.2, 0.25) is 5.91 Å². The Bertz CT molecular complexity index is 548. The molecular formula is C16H19Cl2NO3. The molecule has 2 N–H and O–H groups in total. The van der Waals surface area contributed by atoms with E-state index in [1.54, 1.807) is 18.2 Å². The Morgan fingerprint density at radius 3 is 2.95 bits per heavy atom. The van der Waals surface area contributed by atoms with Gasteiger partial charge in [-0.1, -0.05) is 41.4 Å². The third kappa shape index (κ3) is 4.90. The lowest BCUT2D eigenvalue weighted by molar-refractivity contribution is -0.125. The quantitative estimate of drug-likeness (QED) is 0.779. The highest BCUT2D eigenvalue weighted by Crippen LogP contribution is 2.31. The van der Waals surface area contributed by atoms with Gasteiger partial charge >= 0.3 is 0 Å². The summed E-state index contributed by atoms with van der Waals surface area (Å²) in [5.74, 6) is 0.390. The fraction of sp³-hybridized carbons (Fsp3) is 0.438. The lowest BCUT2D eigenvalue weighted by atomic mass is 9.94. The van der Waals surface area contributed by atoms with Gasteiger partial charge in [-0.3, -0.25) is 4.79 Å². The molecule has 0 radical (unpaired) electrons. The summed E-state index contributed by atoms with van der Waals surface area (Å²) < 4.78 is 5.43. The van der Waals surface area contributed by atoms with E-state index in [2.05, 4.69) is 11.4 Å². The molecule has 1 amide bonds. The van der Waals surface area contributed by atoms with Crippen LogP contribution in [0.25, 0.3) is 0 Å². The number of aliphatic hydroxyl groups is 1. The zero-order valence-corrected chi connectivity index (χ0v) is 13.6. The van der Waals surface area contributed by atoms with Crippen molar-refractivity contribution in [2.45, 2.75) is 25.4 Å². The zero-order valence-electron chi connectivity index (χ0n) is 12.1. The summed E-state index contributed by atoms with van der Waals surface area (Å²) in [7, 11) is 0. The maximum Gasteiger partial charge on any atom is 0.223 e. The van der Waals surface area contributed by atoms with Gasteiger partial charge in [0.05, 0.1) is 5.02 Å². The maximum atomic E-state index is 11.9. The van der Waals surface area contributed by atoms with E-state index in [1.165, 1.54) is 0 Å². The average Bonchev–Trinajstić information content (AvgIpc) is 2.54. The molecule has 0 saturated heterocycles. The summed E-state index contributed by atoms with van der Waals surface area (Å²) in [4.78, 5) is 11.9. The number of carbonyl (C=O) groups excluding carboxylic acids is 1. The molecule has 22 heavy (non-hydrogen) atoms. The predicted octanol–water partition coefficient (Wildman–Crippen LogP) is 3.21. The minimum Gasteiger partial charge on any atom is -0.489 e. The Balaban J connectivity index is 1.73. The Morgan fingerprint density at radius 1 is 1.41 bits per heavy atom. The number of hydrogen-bond acceptors (Lipinski definition) is 3. The van der Waals surface area contributed by atoms with Gasteiger partial charge in [0.15, 0.2) is 0 Å². The highest BCUT2D eigenvalue weighted by Gasteiger charge is 2.19. The van der Waals surface area contributed by atoms with E-state index in [1.807, 2.05) is 6.08 Å². The zero-order chi connectivity index (χ0) is 15.9. The van der Waals surface area contributed by atoms with Crippen LogP contribution >= 0.6 is 23.2 Å². The Hall–Kier alpha value is -1.23. The fourth-order valence-electron chi connectivity index (χ4n) is 2.23. The molecular weight excluding hydrogens is 325 g/mol. The molecule has 0 aliphatic heterocycles. The molecule has 2 rings (SSSR count). The first kappa shape index (κ1) is 17.1. The molecule has 6 heteroatoms. The molecule has 120 valence electrons.